The number of benzene rings is 3. The highest BCUT2D eigenvalue weighted by atomic mass is 16.2. The van der Waals surface area contributed by atoms with Gasteiger partial charge in [0.05, 0.1) is 11.1 Å². The number of hydrogen-bond acceptors (Lipinski definition) is 2. The molecule has 0 bridgehead atoms. The average Bonchev–Trinajstić information content (AvgIpc) is 2.43. The predicted octanol–water partition coefficient (Wildman–Crippen LogP) is 2.19. The van der Waals surface area contributed by atoms with Crippen molar-refractivity contribution in [1.82, 2.24) is 0 Å². The molecule has 4 nitrogen and oxygen atoms in total. The van der Waals surface area contributed by atoms with Crippen LogP contribution in [-0.4, -0.2) is 11.8 Å². The highest BCUT2D eigenvalue weighted by Gasteiger charge is 2.14. The zero-order valence-corrected chi connectivity index (χ0v) is 10.6. The Morgan fingerprint density at radius 1 is 0.650 bits per heavy atom. The fraction of sp³-hybridized carbons (Fsp3) is 0. The van der Waals surface area contributed by atoms with E-state index in [1.165, 1.54) is 0 Å². The highest BCUT2D eigenvalue weighted by molar-refractivity contribution is 6.11. The zero-order chi connectivity index (χ0) is 14.3. The van der Waals surface area contributed by atoms with E-state index in [0.29, 0.717) is 0 Å². The van der Waals surface area contributed by atoms with Crippen LogP contribution in [0.5, 0.6) is 0 Å². The molecule has 0 atom stereocenters. The molecular formula is C16H12N2O2. The first-order valence-corrected chi connectivity index (χ1v) is 6.12. The standard InChI is InChI=1S/C16H12N2O2/c17-15(19)13-7-11-5-9-3-1-2-4-10(9)6-12(11)8-14(13)16(18)20/h1-8H,(H2,17,19)(H2,18,20). The summed E-state index contributed by atoms with van der Waals surface area (Å²) in [5.41, 5.74) is 10.9. The molecule has 0 radical (unpaired) electrons. The first kappa shape index (κ1) is 12.2. The van der Waals surface area contributed by atoms with Gasteiger partial charge in [0.2, 0.25) is 11.8 Å². The van der Waals surface area contributed by atoms with Gasteiger partial charge < -0.3 is 11.5 Å². The Morgan fingerprint density at radius 3 is 1.40 bits per heavy atom. The quantitative estimate of drug-likeness (QED) is 0.695. The molecule has 4 N–H and O–H groups in total. The van der Waals surface area contributed by atoms with Crippen LogP contribution in [-0.2, 0) is 0 Å². The maximum absolute atomic E-state index is 11.4. The van der Waals surface area contributed by atoms with Crippen molar-refractivity contribution < 1.29 is 9.59 Å². The van der Waals surface area contributed by atoms with Crippen molar-refractivity contribution in [2.24, 2.45) is 11.5 Å². The number of nitrogens with two attached hydrogens (primary N) is 2. The first-order valence-electron chi connectivity index (χ1n) is 6.12. The molecule has 0 saturated carbocycles. The van der Waals surface area contributed by atoms with Gasteiger partial charge in [-0.2, -0.15) is 0 Å². The summed E-state index contributed by atoms with van der Waals surface area (Å²) in [5.74, 6) is -1.32. The number of hydrogen-bond donors (Lipinski definition) is 2. The predicted molar refractivity (Wildman–Crippen MR) is 78.5 cm³/mol. The summed E-state index contributed by atoms with van der Waals surface area (Å²) < 4.78 is 0. The molecule has 0 heterocycles. The lowest BCUT2D eigenvalue weighted by Crippen LogP contribution is -2.20. The number of carbonyl (C=O) groups excluding carboxylic acids is 2. The topological polar surface area (TPSA) is 86.2 Å². The van der Waals surface area contributed by atoms with E-state index in [4.69, 9.17) is 11.5 Å². The Morgan fingerprint density at radius 2 is 1.05 bits per heavy atom. The third-order valence-electron chi connectivity index (χ3n) is 3.37. The van der Waals surface area contributed by atoms with E-state index in [0.717, 1.165) is 21.5 Å². The molecule has 0 unspecified atom stereocenters. The van der Waals surface area contributed by atoms with Gasteiger partial charge in [0.15, 0.2) is 0 Å². The largest absolute Gasteiger partial charge is 0.366 e. The normalized spacial score (nSPS) is 10.8. The smallest absolute Gasteiger partial charge is 0.249 e. The summed E-state index contributed by atoms with van der Waals surface area (Å²) in [4.78, 5) is 22.9. The number of rotatable bonds is 2. The minimum atomic E-state index is -0.658. The number of primary amides is 2. The van der Waals surface area contributed by atoms with E-state index in [2.05, 4.69) is 0 Å². The van der Waals surface area contributed by atoms with Crippen LogP contribution in [0.4, 0.5) is 0 Å². The number of carbonyl (C=O) groups is 2. The molecule has 3 rings (SSSR count). The van der Waals surface area contributed by atoms with Crippen molar-refractivity contribution in [3.8, 4) is 0 Å². The van der Waals surface area contributed by atoms with Gasteiger partial charge in [-0.1, -0.05) is 24.3 Å². The van der Waals surface area contributed by atoms with Crippen LogP contribution in [0.3, 0.4) is 0 Å². The Hall–Kier alpha value is -2.88. The van der Waals surface area contributed by atoms with Crippen molar-refractivity contribution in [1.29, 1.82) is 0 Å². The fourth-order valence-electron chi connectivity index (χ4n) is 2.40. The summed E-state index contributed by atoms with van der Waals surface area (Å²) in [5, 5.41) is 3.81. The van der Waals surface area contributed by atoms with E-state index in [1.807, 2.05) is 36.4 Å². The summed E-state index contributed by atoms with van der Waals surface area (Å²) in [6.45, 7) is 0. The van der Waals surface area contributed by atoms with Gasteiger partial charge in [0, 0.05) is 0 Å². The highest BCUT2D eigenvalue weighted by Crippen LogP contribution is 2.25. The molecule has 0 fully saturated rings. The molecule has 0 spiro atoms. The maximum Gasteiger partial charge on any atom is 0.249 e. The molecular weight excluding hydrogens is 252 g/mol. The van der Waals surface area contributed by atoms with Crippen LogP contribution in [0.2, 0.25) is 0 Å². The van der Waals surface area contributed by atoms with E-state index < -0.39 is 11.8 Å². The van der Waals surface area contributed by atoms with E-state index in [1.54, 1.807) is 12.1 Å². The Bertz CT molecular complexity index is 797. The summed E-state index contributed by atoms with van der Waals surface area (Å²) in [7, 11) is 0. The van der Waals surface area contributed by atoms with Crippen LogP contribution < -0.4 is 11.5 Å². The molecule has 98 valence electrons. The molecule has 2 amide bonds. The van der Waals surface area contributed by atoms with Gasteiger partial charge in [0.25, 0.3) is 0 Å². The van der Waals surface area contributed by atoms with E-state index >= 15 is 0 Å². The number of fused-ring (bicyclic) bond motifs is 2. The lowest BCUT2D eigenvalue weighted by atomic mass is 9.97. The molecule has 0 aliphatic rings. The molecule has 0 aromatic heterocycles. The minimum absolute atomic E-state index is 0.153. The lowest BCUT2D eigenvalue weighted by molar-refractivity contribution is 0.0967. The second kappa shape index (κ2) is 4.35. The van der Waals surface area contributed by atoms with Gasteiger partial charge in [-0.3, -0.25) is 9.59 Å². The monoisotopic (exact) mass is 264 g/mol. The van der Waals surface area contributed by atoms with Gasteiger partial charge >= 0.3 is 0 Å². The molecule has 0 aliphatic carbocycles. The lowest BCUT2D eigenvalue weighted by Gasteiger charge is -2.08. The van der Waals surface area contributed by atoms with E-state index in [-0.39, 0.29) is 11.1 Å². The summed E-state index contributed by atoms with van der Waals surface area (Å²) in [6, 6.07) is 15.0. The molecule has 0 aliphatic heterocycles. The maximum atomic E-state index is 11.4. The van der Waals surface area contributed by atoms with Crippen LogP contribution in [0.15, 0.2) is 48.5 Å². The van der Waals surface area contributed by atoms with Crippen LogP contribution in [0.1, 0.15) is 20.7 Å². The molecule has 20 heavy (non-hydrogen) atoms. The van der Waals surface area contributed by atoms with Gasteiger partial charge in [0.1, 0.15) is 0 Å². The Balaban J connectivity index is 2.41. The third kappa shape index (κ3) is 1.87. The minimum Gasteiger partial charge on any atom is -0.366 e. The van der Waals surface area contributed by atoms with Crippen molar-refractivity contribution in [2.75, 3.05) is 0 Å². The van der Waals surface area contributed by atoms with Gasteiger partial charge in [-0.05, 0) is 45.8 Å². The van der Waals surface area contributed by atoms with Crippen molar-refractivity contribution in [3.05, 3.63) is 59.7 Å². The van der Waals surface area contributed by atoms with Gasteiger partial charge in [-0.25, -0.2) is 0 Å². The Labute approximate surface area is 115 Å². The SMILES string of the molecule is NC(=O)c1cc2cc3ccccc3cc2cc1C(N)=O. The van der Waals surface area contributed by atoms with Crippen molar-refractivity contribution in [2.45, 2.75) is 0 Å². The van der Waals surface area contributed by atoms with Crippen LogP contribution in [0, 0.1) is 0 Å². The van der Waals surface area contributed by atoms with Crippen LogP contribution in [0.25, 0.3) is 21.5 Å². The number of amides is 2. The van der Waals surface area contributed by atoms with Crippen LogP contribution >= 0.6 is 0 Å². The molecule has 3 aromatic carbocycles. The van der Waals surface area contributed by atoms with E-state index in [9.17, 15) is 9.59 Å². The first-order chi connectivity index (χ1) is 9.56. The summed E-state index contributed by atoms with van der Waals surface area (Å²) in [6.07, 6.45) is 0. The molecule has 3 aromatic rings. The summed E-state index contributed by atoms with van der Waals surface area (Å²) >= 11 is 0. The second-order valence-electron chi connectivity index (χ2n) is 4.67. The molecule has 4 heteroatoms. The third-order valence-corrected chi connectivity index (χ3v) is 3.37. The Kier molecular flexibility index (Phi) is 2.64. The fourth-order valence-corrected chi connectivity index (χ4v) is 2.40. The average molecular weight is 264 g/mol. The second-order valence-corrected chi connectivity index (χ2v) is 4.67. The zero-order valence-electron chi connectivity index (χ0n) is 10.6. The molecule has 0 saturated heterocycles. The van der Waals surface area contributed by atoms with Crippen molar-refractivity contribution in [3.63, 3.8) is 0 Å². The van der Waals surface area contributed by atoms with Gasteiger partial charge in [-0.15, -0.1) is 0 Å². The van der Waals surface area contributed by atoms with Crippen molar-refractivity contribution >= 4 is 33.4 Å².